The van der Waals surface area contributed by atoms with Crippen molar-refractivity contribution >= 4 is 23.3 Å². The largest absolute Gasteiger partial charge is 0.334 e. The van der Waals surface area contributed by atoms with Gasteiger partial charge in [-0.15, -0.1) is 6.58 Å². The second kappa shape index (κ2) is 8.22. The molecule has 0 aliphatic heterocycles. The lowest BCUT2D eigenvalue weighted by atomic mass is 10.0. The SMILES string of the molecule is C=CCNC(=O)Nc1ccc(NC(=O)CC2CCCC2)cc1. The highest BCUT2D eigenvalue weighted by molar-refractivity contribution is 5.92. The summed E-state index contributed by atoms with van der Waals surface area (Å²) in [6, 6.07) is 6.82. The third kappa shape index (κ3) is 5.24. The van der Waals surface area contributed by atoms with E-state index in [9.17, 15) is 9.59 Å². The standard InChI is InChI=1S/C17H23N3O2/c1-2-11-18-17(22)20-15-9-7-14(8-10-15)19-16(21)12-13-5-3-4-6-13/h2,7-10,13H,1,3-6,11-12H2,(H,19,21)(H2,18,20,22). The van der Waals surface area contributed by atoms with Crippen LogP contribution in [0.4, 0.5) is 16.2 Å². The molecule has 3 amide bonds. The highest BCUT2D eigenvalue weighted by atomic mass is 16.2. The molecule has 0 atom stereocenters. The van der Waals surface area contributed by atoms with Crippen LogP contribution in [0.25, 0.3) is 0 Å². The van der Waals surface area contributed by atoms with Crippen LogP contribution in [-0.4, -0.2) is 18.5 Å². The molecule has 2 rings (SSSR count). The van der Waals surface area contributed by atoms with Crippen LogP contribution in [0.2, 0.25) is 0 Å². The molecule has 1 aromatic carbocycles. The molecule has 0 heterocycles. The van der Waals surface area contributed by atoms with Gasteiger partial charge < -0.3 is 16.0 Å². The van der Waals surface area contributed by atoms with E-state index in [0.717, 1.165) is 18.5 Å². The zero-order valence-corrected chi connectivity index (χ0v) is 12.7. The molecule has 22 heavy (non-hydrogen) atoms. The summed E-state index contributed by atoms with van der Waals surface area (Å²) in [5.41, 5.74) is 1.43. The molecule has 0 spiro atoms. The number of anilines is 2. The molecule has 118 valence electrons. The van der Waals surface area contributed by atoms with Gasteiger partial charge in [0.1, 0.15) is 0 Å². The molecular formula is C17H23N3O2. The molecule has 1 aromatic rings. The van der Waals surface area contributed by atoms with Crippen LogP contribution in [-0.2, 0) is 4.79 Å². The maximum Gasteiger partial charge on any atom is 0.319 e. The van der Waals surface area contributed by atoms with Gasteiger partial charge in [0.2, 0.25) is 5.91 Å². The van der Waals surface area contributed by atoms with Crippen LogP contribution in [0, 0.1) is 5.92 Å². The zero-order valence-electron chi connectivity index (χ0n) is 12.7. The zero-order chi connectivity index (χ0) is 15.8. The maximum absolute atomic E-state index is 11.9. The van der Waals surface area contributed by atoms with E-state index in [1.165, 1.54) is 12.8 Å². The lowest BCUT2D eigenvalue weighted by molar-refractivity contribution is -0.117. The van der Waals surface area contributed by atoms with E-state index >= 15 is 0 Å². The molecule has 1 aliphatic carbocycles. The number of hydrogen-bond donors (Lipinski definition) is 3. The Kier molecular flexibility index (Phi) is 6.01. The summed E-state index contributed by atoms with van der Waals surface area (Å²) in [5.74, 6) is 0.603. The summed E-state index contributed by atoms with van der Waals surface area (Å²) in [6.07, 6.45) is 7.02. The predicted octanol–water partition coefficient (Wildman–Crippen LogP) is 3.51. The molecule has 0 radical (unpaired) electrons. The Morgan fingerprint density at radius 1 is 1.09 bits per heavy atom. The van der Waals surface area contributed by atoms with Crippen LogP contribution in [0.15, 0.2) is 36.9 Å². The Morgan fingerprint density at radius 2 is 1.68 bits per heavy atom. The number of carbonyl (C=O) groups excluding carboxylic acids is 2. The number of nitrogens with one attached hydrogen (secondary N) is 3. The molecule has 5 nitrogen and oxygen atoms in total. The van der Waals surface area contributed by atoms with Gasteiger partial charge in [0, 0.05) is 24.3 Å². The van der Waals surface area contributed by atoms with Crippen molar-refractivity contribution in [1.82, 2.24) is 5.32 Å². The second-order valence-corrected chi connectivity index (χ2v) is 5.60. The maximum atomic E-state index is 11.9. The fraction of sp³-hybridized carbons (Fsp3) is 0.412. The molecule has 1 aliphatic rings. The molecule has 0 aromatic heterocycles. The van der Waals surface area contributed by atoms with Crippen molar-refractivity contribution in [3.8, 4) is 0 Å². The van der Waals surface area contributed by atoms with Gasteiger partial charge in [-0.3, -0.25) is 4.79 Å². The average molecular weight is 301 g/mol. The van der Waals surface area contributed by atoms with E-state index in [2.05, 4.69) is 22.5 Å². The van der Waals surface area contributed by atoms with Gasteiger partial charge in [-0.1, -0.05) is 18.9 Å². The Morgan fingerprint density at radius 3 is 2.27 bits per heavy atom. The molecule has 0 unspecified atom stereocenters. The van der Waals surface area contributed by atoms with Gasteiger partial charge in [-0.25, -0.2) is 4.79 Å². The van der Waals surface area contributed by atoms with Crippen molar-refractivity contribution in [3.63, 3.8) is 0 Å². The van der Waals surface area contributed by atoms with Crippen LogP contribution >= 0.6 is 0 Å². The van der Waals surface area contributed by atoms with E-state index in [4.69, 9.17) is 0 Å². The van der Waals surface area contributed by atoms with E-state index in [1.54, 1.807) is 30.3 Å². The minimum Gasteiger partial charge on any atom is -0.334 e. The van der Waals surface area contributed by atoms with E-state index in [1.807, 2.05) is 0 Å². The number of urea groups is 1. The van der Waals surface area contributed by atoms with Crippen molar-refractivity contribution in [1.29, 1.82) is 0 Å². The lowest BCUT2D eigenvalue weighted by Crippen LogP contribution is -2.28. The second-order valence-electron chi connectivity index (χ2n) is 5.60. The molecule has 0 bridgehead atoms. The minimum absolute atomic E-state index is 0.0661. The Hall–Kier alpha value is -2.30. The van der Waals surface area contributed by atoms with Gasteiger partial charge >= 0.3 is 6.03 Å². The average Bonchev–Trinajstić information content (AvgIpc) is 3.00. The number of carbonyl (C=O) groups is 2. The fourth-order valence-corrected chi connectivity index (χ4v) is 2.67. The minimum atomic E-state index is -0.280. The monoisotopic (exact) mass is 301 g/mol. The van der Waals surface area contributed by atoms with Gasteiger partial charge in [0.05, 0.1) is 0 Å². The van der Waals surface area contributed by atoms with E-state index < -0.39 is 0 Å². The van der Waals surface area contributed by atoms with Crippen molar-refractivity contribution in [3.05, 3.63) is 36.9 Å². The topological polar surface area (TPSA) is 70.2 Å². The van der Waals surface area contributed by atoms with Gasteiger partial charge in [-0.05, 0) is 43.0 Å². The van der Waals surface area contributed by atoms with Crippen molar-refractivity contribution in [2.45, 2.75) is 32.1 Å². The highest BCUT2D eigenvalue weighted by Gasteiger charge is 2.18. The van der Waals surface area contributed by atoms with Gasteiger partial charge in [0.25, 0.3) is 0 Å². The third-order valence-corrected chi connectivity index (χ3v) is 3.78. The van der Waals surface area contributed by atoms with E-state index in [-0.39, 0.29) is 11.9 Å². The van der Waals surface area contributed by atoms with Crippen LogP contribution < -0.4 is 16.0 Å². The normalized spacial score (nSPS) is 14.4. The van der Waals surface area contributed by atoms with Crippen LogP contribution in [0.5, 0.6) is 0 Å². The molecule has 0 saturated heterocycles. The summed E-state index contributed by atoms with van der Waals surface area (Å²) in [4.78, 5) is 23.4. The Bertz CT molecular complexity index is 519. The predicted molar refractivity (Wildman–Crippen MR) is 88.9 cm³/mol. The molecule has 1 fully saturated rings. The Labute approximate surface area is 131 Å². The summed E-state index contributed by atoms with van der Waals surface area (Å²) in [5, 5.41) is 8.24. The Balaban J connectivity index is 1.79. The van der Waals surface area contributed by atoms with Crippen molar-refractivity contribution in [2.24, 2.45) is 5.92 Å². The van der Waals surface area contributed by atoms with Gasteiger partial charge in [0.15, 0.2) is 0 Å². The number of rotatable bonds is 6. The first kappa shape index (κ1) is 16.1. The molecular weight excluding hydrogens is 278 g/mol. The van der Waals surface area contributed by atoms with Crippen LogP contribution in [0.1, 0.15) is 32.1 Å². The highest BCUT2D eigenvalue weighted by Crippen LogP contribution is 2.27. The first-order valence-corrected chi connectivity index (χ1v) is 7.73. The first-order chi connectivity index (χ1) is 10.7. The number of hydrogen-bond acceptors (Lipinski definition) is 2. The summed E-state index contributed by atoms with van der Waals surface area (Å²) in [7, 11) is 0. The summed E-state index contributed by atoms with van der Waals surface area (Å²) < 4.78 is 0. The van der Waals surface area contributed by atoms with Crippen molar-refractivity contribution in [2.75, 3.05) is 17.2 Å². The van der Waals surface area contributed by atoms with Crippen LogP contribution in [0.3, 0.4) is 0 Å². The van der Waals surface area contributed by atoms with Gasteiger partial charge in [-0.2, -0.15) is 0 Å². The molecule has 3 N–H and O–H groups in total. The first-order valence-electron chi connectivity index (χ1n) is 7.73. The third-order valence-electron chi connectivity index (χ3n) is 3.78. The number of amides is 3. The fourth-order valence-electron chi connectivity index (χ4n) is 2.67. The summed E-state index contributed by atoms with van der Waals surface area (Å²) >= 11 is 0. The molecule has 5 heteroatoms. The number of benzene rings is 1. The lowest BCUT2D eigenvalue weighted by Gasteiger charge is -2.10. The smallest absolute Gasteiger partial charge is 0.319 e. The van der Waals surface area contributed by atoms with E-state index in [0.29, 0.717) is 24.6 Å². The van der Waals surface area contributed by atoms with Crippen molar-refractivity contribution < 1.29 is 9.59 Å². The quantitative estimate of drug-likeness (QED) is 0.704. The summed E-state index contributed by atoms with van der Waals surface area (Å²) in [6.45, 7) is 3.95. The molecule has 1 saturated carbocycles.